The maximum Gasteiger partial charge on any atom is 0.262 e. The summed E-state index contributed by atoms with van der Waals surface area (Å²) in [6, 6.07) is 11.4. The highest BCUT2D eigenvalue weighted by atomic mass is 79.9. The van der Waals surface area contributed by atoms with Gasteiger partial charge in [-0.05, 0) is 87.2 Å². The maximum atomic E-state index is 13.0. The Morgan fingerprint density at radius 3 is 2.37 bits per heavy atom. The van der Waals surface area contributed by atoms with Gasteiger partial charge in [0, 0.05) is 6.04 Å². The van der Waals surface area contributed by atoms with Gasteiger partial charge < -0.3 is 10.1 Å². The van der Waals surface area contributed by atoms with Crippen molar-refractivity contribution in [2.24, 2.45) is 0 Å². The number of carbonyl (C=O) groups excluding carboxylic acids is 1. The van der Waals surface area contributed by atoms with Gasteiger partial charge in [-0.25, -0.2) is 4.39 Å². The molecule has 0 aliphatic rings. The molecule has 2 aromatic rings. The fourth-order valence-electron chi connectivity index (χ4n) is 2.19. The van der Waals surface area contributed by atoms with Gasteiger partial charge in [0.2, 0.25) is 0 Å². The van der Waals surface area contributed by atoms with Gasteiger partial charge in [-0.1, -0.05) is 12.1 Å². The molecule has 0 radical (unpaired) electrons. The van der Waals surface area contributed by atoms with Crippen molar-refractivity contribution in [2.75, 3.05) is 0 Å². The number of hydrogen-bond donors (Lipinski definition) is 1. The smallest absolute Gasteiger partial charge is 0.262 e. The minimum absolute atomic E-state index is 0.0162. The summed E-state index contributed by atoms with van der Waals surface area (Å²) in [5, 5.41) is 11.9. The second-order valence-electron chi connectivity index (χ2n) is 6.03. The molecule has 4 nitrogen and oxygen atoms in total. The fraction of sp³-hybridized carbons (Fsp3) is 0.200. The summed E-state index contributed by atoms with van der Waals surface area (Å²) >= 11 is 6.89. The van der Waals surface area contributed by atoms with E-state index in [1.54, 1.807) is 24.3 Å². The Hall–Kier alpha value is -2.17. The van der Waals surface area contributed by atoms with Crippen LogP contribution in [0.15, 0.2) is 50.9 Å². The number of halogens is 3. The summed E-state index contributed by atoms with van der Waals surface area (Å²) in [6.45, 7) is 3.92. The molecule has 0 spiro atoms. The number of rotatable bonds is 6. The van der Waals surface area contributed by atoms with E-state index in [0.29, 0.717) is 20.3 Å². The average Bonchev–Trinajstić information content (AvgIpc) is 2.59. The highest BCUT2D eigenvalue weighted by Crippen LogP contribution is 2.36. The highest BCUT2D eigenvalue weighted by Gasteiger charge is 2.13. The van der Waals surface area contributed by atoms with Crippen LogP contribution < -0.4 is 10.1 Å². The maximum absolute atomic E-state index is 13.0. The Morgan fingerprint density at radius 1 is 1.26 bits per heavy atom. The zero-order chi connectivity index (χ0) is 20.0. The van der Waals surface area contributed by atoms with Crippen LogP contribution in [-0.4, -0.2) is 11.9 Å². The Morgan fingerprint density at radius 2 is 1.85 bits per heavy atom. The SMILES string of the molecule is CC(C)NC(=O)/C(C#N)=C\c1cc(Br)c(OCc2ccc(F)cc2)c(Br)c1. The van der Waals surface area contributed by atoms with Gasteiger partial charge in [0.05, 0.1) is 8.95 Å². The molecule has 0 fully saturated rings. The number of carbonyl (C=O) groups is 1. The van der Waals surface area contributed by atoms with E-state index in [-0.39, 0.29) is 24.0 Å². The minimum atomic E-state index is -0.420. The molecule has 2 aromatic carbocycles. The lowest BCUT2D eigenvalue weighted by Gasteiger charge is -2.12. The number of nitrogens with zero attached hydrogens (tertiary/aromatic N) is 1. The molecular weight excluding hydrogens is 479 g/mol. The number of amides is 1. The monoisotopic (exact) mass is 494 g/mol. The number of nitrogens with one attached hydrogen (secondary N) is 1. The van der Waals surface area contributed by atoms with Gasteiger partial charge in [-0.2, -0.15) is 5.26 Å². The Kier molecular flexibility index (Phi) is 7.57. The summed E-state index contributed by atoms with van der Waals surface area (Å²) in [4.78, 5) is 12.0. The molecule has 7 heteroatoms. The molecule has 1 N–H and O–H groups in total. The van der Waals surface area contributed by atoms with Crippen LogP contribution in [0, 0.1) is 17.1 Å². The highest BCUT2D eigenvalue weighted by molar-refractivity contribution is 9.11. The molecule has 0 saturated carbocycles. The van der Waals surface area contributed by atoms with Crippen LogP contribution in [0.3, 0.4) is 0 Å². The molecule has 0 unspecified atom stereocenters. The molecule has 0 heterocycles. The molecule has 0 aromatic heterocycles. The normalized spacial score (nSPS) is 11.2. The first kappa shape index (κ1) is 21.1. The molecule has 0 bridgehead atoms. The second kappa shape index (κ2) is 9.67. The van der Waals surface area contributed by atoms with Gasteiger partial charge in [0.15, 0.2) is 0 Å². The largest absolute Gasteiger partial charge is 0.487 e. The van der Waals surface area contributed by atoms with Crippen molar-refractivity contribution in [2.45, 2.75) is 26.5 Å². The third-order valence-electron chi connectivity index (χ3n) is 3.41. The number of ether oxygens (including phenoxy) is 1. The van der Waals surface area contributed by atoms with Crippen molar-refractivity contribution in [3.63, 3.8) is 0 Å². The molecule has 140 valence electrons. The van der Waals surface area contributed by atoms with Crippen molar-refractivity contribution in [1.82, 2.24) is 5.32 Å². The molecule has 0 atom stereocenters. The zero-order valence-electron chi connectivity index (χ0n) is 14.7. The van der Waals surface area contributed by atoms with Gasteiger partial charge in [0.25, 0.3) is 5.91 Å². The van der Waals surface area contributed by atoms with E-state index in [4.69, 9.17) is 4.74 Å². The Labute approximate surface area is 174 Å². The summed E-state index contributed by atoms with van der Waals surface area (Å²) in [5.41, 5.74) is 1.51. The second-order valence-corrected chi connectivity index (χ2v) is 7.74. The molecule has 2 rings (SSSR count). The average molecular weight is 496 g/mol. The van der Waals surface area contributed by atoms with Crippen molar-refractivity contribution in [3.05, 3.63) is 67.9 Å². The summed E-state index contributed by atoms with van der Waals surface area (Å²) in [6.07, 6.45) is 1.51. The van der Waals surface area contributed by atoms with Crippen molar-refractivity contribution < 1.29 is 13.9 Å². The lowest BCUT2D eigenvalue weighted by Crippen LogP contribution is -2.30. The van der Waals surface area contributed by atoms with Gasteiger partial charge in [0.1, 0.15) is 29.8 Å². The summed E-state index contributed by atoms with van der Waals surface area (Å²) < 4.78 is 20.1. The van der Waals surface area contributed by atoms with Crippen LogP contribution in [0.25, 0.3) is 6.08 Å². The van der Waals surface area contributed by atoms with Crippen LogP contribution in [0.5, 0.6) is 5.75 Å². The molecule has 1 amide bonds. The summed E-state index contributed by atoms with van der Waals surface area (Å²) in [7, 11) is 0. The van der Waals surface area contributed by atoms with E-state index >= 15 is 0 Å². The van der Waals surface area contributed by atoms with Crippen LogP contribution in [0.4, 0.5) is 4.39 Å². The van der Waals surface area contributed by atoms with Crippen LogP contribution in [0.2, 0.25) is 0 Å². The molecule has 0 saturated heterocycles. The third kappa shape index (κ3) is 6.19. The summed E-state index contributed by atoms with van der Waals surface area (Å²) in [5.74, 6) is -0.148. The van der Waals surface area contributed by atoms with Crippen LogP contribution >= 0.6 is 31.9 Å². The number of nitriles is 1. The van der Waals surface area contributed by atoms with E-state index in [9.17, 15) is 14.4 Å². The number of hydrogen-bond acceptors (Lipinski definition) is 3. The van der Waals surface area contributed by atoms with E-state index in [0.717, 1.165) is 5.56 Å². The zero-order valence-corrected chi connectivity index (χ0v) is 17.9. The molecule has 27 heavy (non-hydrogen) atoms. The van der Waals surface area contributed by atoms with Crippen LogP contribution in [0.1, 0.15) is 25.0 Å². The molecule has 0 aliphatic carbocycles. The van der Waals surface area contributed by atoms with Crippen LogP contribution in [-0.2, 0) is 11.4 Å². The number of benzene rings is 2. The van der Waals surface area contributed by atoms with Gasteiger partial charge >= 0.3 is 0 Å². The van der Waals surface area contributed by atoms with E-state index in [1.807, 2.05) is 19.9 Å². The van der Waals surface area contributed by atoms with Gasteiger partial charge in [-0.15, -0.1) is 0 Å². The van der Waals surface area contributed by atoms with E-state index in [1.165, 1.54) is 18.2 Å². The third-order valence-corrected chi connectivity index (χ3v) is 4.59. The standard InChI is InChI=1S/C20H17Br2FN2O2/c1-12(2)25-20(26)15(10-24)7-14-8-17(21)19(18(22)9-14)27-11-13-3-5-16(23)6-4-13/h3-9,12H,11H2,1-2H3,(H,25,26)/b15-7-. The predicted octanol–water partition coefficient (Wildman–Crippen LogP) is 5.36. The Balaban J connectivity index is 2.20. The van der Waals surface area contributed by atoms with Crippen molar-refractivity contribution in [1.29, 1.82) is 5.26 Å². The first-order chi connectivity index (χ1) is 12.8. The predicted molar refractivity (Wildman–Crippen MR) is 109 cm³/mol. The van der Waals surface area contributed by atoms with Crippen molar-refractivity contribution in [3.8, 4) is 11.8 Å². The first-order valence-corrected chi connectivity index (χ1v) is 9.67. The van der Waals surface area contributed by atoms with E-state index < -0.39 is 5.91 Å². The lowest BCUT2D eigenvalue weighted by molar-refractivity contribution is -0.117. The molecule has 0 aliphatic heterocycles. The lowest BCUT2D eigenvalue weighted by atomic mass is 10.1. The first-order valence-electron chi connectivity index (χ1n) is 8.09. The fourth-order valence-corrected chi connectivity index (χ4v) is 3.64. The van der Waals surface area contributed by atoms with E-state index in [2.05, 4.69) is 37.2 Å². The molecular formula is C20H17Br2FN2O2. The topological polar surface area (TPSA) is 62.1 Å². The Bertz CT molecular complexity index is 880. The minimum Gasteiger partial charge on any atom is -0.487 e. The quantitative estimate of drug-likeness (QED) is 0.433. The van der Waals surface area contributed by atoms with Crippen molar-refractivity contribution >= 4 is 43.8 Å². The van der Waals surface area contributed by atoms with Gasteiger partial charge in [-0.3, -0.25) is 4.79 Å².